The molecule has 0 spiro atoms. The van der Waals surface area contributed by atoms with Crippen LogP contribution in [0.25, 0.3) is 0 Å². The summed E-state index contributed by atoms with van der Waals surface area (Å²) in [6.07, 6.45) is 0.295. The third-order valence-corrected chi connectivity index (χ3v) is 3.41. The predicted molar refractivity (Wildman–Crippen MR) is 82.2 cm³/mol. The Kier molecular flexibility index (Phi) is 5.84. The number of carbonyl (C=O) groups is 3. The number of benzene rings is 1. The second-order valence-corrected chi connectivity index (χ2v) is 10.2. The Hall–Kier alpha value is -1.95. The number of amides is 1. The van der Waals surface area contributed by atoms with Crippen LogP contribution < -0.4 is 5.32 Å². The van der Waals surface area contributed by atoms with Crippen molar-refractivity contribution in [3.63, 3.8) is 0 Å². The van der Waals surface area contributed by atoms with Crippen LogP contribution >= 0.6 is 0 Å². The smallest absolute Gasteiger partial charge is 0.315 e. The van der Waals surface area contributed by atoms with Gasteiger partial charge in [-0.05, 0) is 25.2 Å². The van der Waals surface area contributed by atoms with Crippen LogP contribution in [0.2, 0.25) is 19.6 Å². The minimum Gasteiger partial charge on any atom is -0.518 e. The summed E-state index contributed by atoms with van der Waals surface area (Å²) in [7, 11) is -2.06. The summed E-state index contributed by atoms with van der Waals surface area (Å²) >= 11 is 0. The van der Waals surface area contributed by atoms with Crippen LogP contribution in [0, 0.1) is 0 Å². The number of hydrogen-bond donors (Lipinski definition) is 1. The molecule has 0 saturated heterocycles. The average molecular weight is 307 g/mol. The van der Waals surface area contributed by atoms with Crippen molar-refractivity contribution < 1.29 is 18.8 Å². The van der Waals surface area contributed by atoms with Gasteiger partial charge in [0.05, 0.1) is 0 Å². The van der Waals surface area contributed by atoms with Gasteiger partial charge < -0.3 is 9.74 Å². The molecule has 1 atom stereocenters. The molecule has 114 valence electrons. The van der Waals surface area contributed by atoms with Crippen LogP contribution in [-0.2, 0) is 25.2 Å². The van der Waals surface area contributed by atoms with Gasteiger partial charge in [-0.3, -0.25) is 14.4 Å². The lowest BCUT2D eigenvalue weighted by atomic mass is 10.1. The van der Waals surface area contributed by atoms with E-state index in [0.717, 1.165) is 5.56 Å². The van der Waals surface area contributed by atoms with Gasteiger partial charge in [-0.1, -0.05) is 30.3 Å². The summed E-state index contributed by atoms with van der Waals surface area (Å²) in [5, 5.41) is 2.45. The summed E-state index contributed by atoms with van der Waals surface area (Å²) in [4.78, 5) is 34.8. The van der Waals surface area contributed by atoms with Gasteiger partial charge in [0.25, 0.3) is 5.91 Å². The molecule has 0 heterocycles. The van der Waals surface area contributed by atoms with Crippen LogP contribution in [0.4, 0.5) is 0 Å². The van der Waals surface area contributed by atoms with Gasteiger partial charge in [-0.15, -0.1) is 0 Å². The third kappa shape index (κ3) is 6.35. The largest absolute Gasteiger partial charge is 0.518 e. The minimum absolute atomic E-state index is 0.295. The monoisotopic (exact) mass is 307 g/mol. The molecule has 1 aromatic carbocycles. The van der Waals surface area contributed by atoms with E-state index >= 15 is 0 Å². The predicted octanol–water partition coefficient (Wildman–Crippen LogP) is 1.68. The fraction of sp³-hybridized carbons (Fsp3) is 0.400. The number of ketones is 1. The maximum Gasteiger partial charge on any atom is 0.315 e. The number of hydrogen-bond acceptors (Lipinski definition) is 4. The molecule has 1 N–H and O–H groups in total. The number of Topliss-reactive ketones (excluding diaryl/α,β-unsaturated/α-hetero) is 1. The van der Waals surface area contributed by atoms with E-state index in [1.165, 1.54) is 6.92 Å². The number of nitrogens with one attached hydrogen (secondary N) is 1. The molecule has 1 amide bonds. The highest BCUT2D eigenvalue weighted by Crippen LogP contribution is 2.09. The van der Waals surface area contributed by atoms with Crippen LogP contribution in [-0.4, -0.2) is 32.0 Å². The first-order valence-electron chi connectivity index (χ1n) is 6.77. The van der Waals surface area contributed by atoms with Crippen molar-refractivity contribution in [3.05, 3.63) is 35.9 Å². The highest BCUT2D eigenvalue weighted by atomic mass is 28.4. The molecule has 0 aliphatic rings. The molecule has 0 bridgehead atoms. The molecule has 1 aromatic rings. The number of rotatable bonds is 6. The molecule has 0 fully saturated rings. The second-order valence-electron chi connectivity index (χ2n) is 5.81. The van der Waals surface area contributed by atoms with E-state index in [4.69, 9.17) is 4.43 Å². The Balaban J connectivity index is 2.86. The van der Waals surface area contributed by atoms with Crippen molar-refractivity contribution in [2.45, 2.75) is 39.0 Å². The van der Waals surface area contributed by atoms with Gasteiger partial charge in [0.2, 0.25) is 14.1 Å². The molecule has 21 heavy (non-hydrogen) atoms. The fourth-order valence-corrected chi connectivity index (χ4v) is 2.42. The SMILES string of the molecule is CC(=O)C(=O)N[C@@H](Cc1ccccc1)C(=O)O[Si](C)(C)C. The molecular formula is C15H21NO4Si. The van der Waals surface area contributed by atoms with E-state index in [2.05, 4.69) is 5.32 Å². The molecule has 5 nitrogen and oxygen atoms in total. The Bertz CT molecular complexity index is 522. The van der Waals surface area contributed by atoms with E-state index in [9.17, 15) is 14.4 Å². The van der Waals surface area contributed by atoms with Crippen LogP contribution in [0.3, 0.4) is 0 Å². The Morgan fingerprint density at radius 1 is 1.14 bits per heavy atom. The Morgan fingerprint density at radius 2 is 1.71 bits per heavy atom. The van der Waals surface area contributed by atoms with Crippen molar-refractivity contribution in [2.24, 2.45) is 0 Å². The van der Waals surface area contributed by atoms with Gasteiger partial charge in [0.15, 0.2) is 0 Å². The molecule has 0 aliphatic carbocycles. The first-order valence-corrected chi connectivity index (χ1v) is 10.2. The molecule has 0 aliphatic heterocycles. The fourth-order valence-electron chi connectivity index (χ4n) is 1.68. The molecule has 0 radical (unpaired) electrons. The first-order chi connectivity index (χ1) is 9.69. The summed E-state index contributed by atoms with van der Waals surface area (Å²) in [6, 6.07) is 8.43. The lowest BCUT2D eigenvalue weighted by molar-refractivity contribution is -0.142. The summed E-state index contributed by atoms with van der Waals surface area (Å²) < 4.78 is 5.43. The van der Waals surface area contributed by atoms with Gasteiger partial charge >= 0.3 is 5.97 Å². The zero-order chi connectivity index (χ0) is 16.0. The summed E-state index contributed by atoms with van der Waals surface area (Å²) in [5.74, 6) is -1.90. The van der Waals surface area contributed by atoms with E-state index < -0.39 is 32.0 Å². The zero-order valence-electron chi connectivity index (χ0n) is 12.8. The van der Waals surface area contributed by atoms with E-state index in [0.29, 0.717) is 6.42 Å². The standard InChI is InChI=1S/C15H21NO4Si/c1-11(17)14(18)16-13(15(19)20-21(2,3)4)10-12-8-6-5-7-9-12/h5-9,13H,10H2,1-4H3,(H,16,18)/t13-/m0/s1. The van der Waals surface area contributed by atoms with Crippen LogP contribution in [0.5, 0.6) is 0 Å². The second kappa shape index (κ2) is 7.17. The summed E-state index contributed by atoms with van der Waals surface area (Å²) in [6.45, 7) is 6.82. The van der Waals surface area contributed by atoms with E-state index in [-0.39, 0.29) is 0 Å². The van der Waals surface area contributed by atoms with Crippen molar-refractivity contribution in [1.82, 2.24) is 5.32 Å². The minimum atomic E-state index is -2.06. The quantitative estimate of drug-likeness (QED) is 0.641. The molecule has 0 saturated carbocycles. The molecule has 6 heteroatoms. The normalized spacial score (nSPS) is 12.4. The maximum absolute atomic E-state index is 12.2. The topological polar surface area (TPSA) is 72.5 Å². The molecule has 0 unspecified atom stereocenters. The average Bonchev–Trinajstić information content (AvgIpc) is 2.36. The third-order valence-electron chi connectivity index (χ3n) is 2.60. The lowest BCUT2D eigenvalue weighted by Crippen LogP contribution is -2.48. The van der Waals surface area contributed by atoms with E-state index in [1.807, 2.05) is 50.0 Å². The van der Waals surface area contributed by atoms with Crippen molar-refractivity contribution in [3.8, 4) is 0 Å². The van der Waals surface area contributed by atoms with Gasteiger partial charge in [0, 0.05) is 13.3 Å². The molecular weight excluding hydrogens is 286 g/mol. The van der Waals surface area contributed by atoms with Crippen LogP contribution in [0.15, 0.2) is 30.3 Å². The first kappa shape index (κ1) is 17.1. The van der Waals surface area contributed by atoms with Crippen molar-refractivity contribution >= 4 is 26.0 Å². The van der Waals surface area contributed by atoms with Gasteiger partial charge in [-0.2, -0.15) is 0 Å². The Labute approximate surface area is 125 Å². The zero-order valence-corrected chi connectivity index (χ0v) is 13.8. The summed E-state index contributed by atoms with van der Waals surface area (Å²) in [5.41, 5.74) is 0.888. The molecule has 0 aromatic heterocycles. The van der Waals surface area contributed by atoms with Gasteiger partial charge in [-0.25, -0.2) is 0 Å². The highest BCUT2D eigenvalue weighted by Gasteiger charge is 2.28. The lowest BCUT2D eigenvalue weighted by Gasteiger charge is -2.23. The van der Waals surface area contributed by atoms with Crippen molar-refractivity contribution in [1.29, 1.82) is 0 Å². The van der Waals surface area contributed by atoms with E-state index in [1.54, 1.807) is 0 Å². The molecule has 1 rings (SSSR count). The van der Waals surface area contributed by atoms with Gasteiger partial charge in [0.1, 0.15) is 6.04 Å². The van der Waals surface area contributed by atoms with Crippen molar-refractivity contribution in [2.75, 3.05) is 0 Å². The highest BCUT2D eigenvalue weighted by molar-refractivity contribution is 6.71. The van der Waals surface area contributed by atoms with Crippen LogP contribution in [0.1, 0.15) is 12.5 Å². The number of carbonyl (C=O) groups excluding carboxylic acids is 3. The maximum atomic E-state index is 12.2. The Morgan fingerprint density at radius 3 is 2.19 bits per heavy atom.